The Hall–Kier alpha value is -0.100. The van der Waals surface area contributed by atoms with Crippen molar-refractivity contribution in [1.82, 2.24) is 9.80 Å². The van der Waals surface area contributed by atoms with Crippen molar-refractivity contribution in [1.29, 1.82) is 0 Å². The number of nitrogens with zero attached hydrogens (tertiary/aromatic N) is 3. The van der Waals surface area contributed by atoms with Crippen molar-refractivity contribution in [3.63, 3.8) is 0 Å². The first-order valence-corrected chi connectivity index (χ1v) is 7.72. The molecule has 0 N–H and O–H groups in total. The monoisotopic (exact) mass is 345 g/mol. The van der Waals surface area contributed by atoms with Gasteiger partial charge < -0.3 is 4.90 Å². The Morgan fingerprint density at radius 1 is 1.24 bits per heavy atom. The zero-order valence-electron chi connectivity index (χ0n) is 10.6. The zero-order valence-corrected chi connectivity index (χ0v) is 12.8. The van der Waals surface area contributed by atoms with Gasteiger partial charge in [0.15, 0.2) is 3.84 Å². The van der Waals surface area contributed by atoms with E-state index < -0.39 is 0 Å². The van der Waals surface area contributed by atoms with E-state index in [2.05, 4.69) is 46.2 Å². The number of likely N-dealkylation sites (tertiary alicyclic amines) is 1. The minimum atomic E-state index is 0.372. The summed E-state index contributed by atoms with van der Waals surface area (Å²) in [4.78, 5) is 9.84. The van der Waals surface area contributed by atoms with E-state index in [0.717, 1.165) is 6.54 Å². The molecule has 2 fully saturated rings. The van der Waals surface area contributed by atoms with Crippen LogP contribution >= 0.6 is 22.6 Å². The highest BCUT2D eigenvalue weighted by Crippen LogP contribution is 2.36. The number of halogens is 1. The molecule has 94 valence electrons. The molecule has 0 spiro atoms. The summed E-state index contributed by atoms with van der Waals surface area (Å²) in [5.74, 6) is 0. The Balaban J connectivity index is 1.92. The number of hydrogen-bond acceptors (Lipinski definition) is 3. The number of amidine groups is 1. The predicted octanol–water partition coefficient (Wildman–Crippen LogP) is 2.62. The van der Waals surface area contributed by atoms with Crippen molar-refractivity contribution in [3.05, 3.63) is 11.3 Å². The van der Waals surface area contributed by atoms with Gasteiger partial charge in [-0.25, -0.2) is 0 Å². The van der Waals surface area contributed by atoms with Gasteiger partial charge in [0.2, 0.25) is 0 Å². The second kappa shape index (κ2) is 4.53. The fourth-order valence-electron chi connectivity index (χ4n) is 3.30. The second-order valence-electron chi connectivity index (χ2n) is 5.34. The lowest BCUT2D eigenvalue weighted by Gasteiger charge is -2.33. The van der Waals surface area contributed by atoms with Gasteiger partial charge in [-0.15, -0.1) is 0 Å². The van der Waals surface area contributed by atoms with Gasteiger partial charge in [0.25, 0.3) is 0 Å². The summed E-state index contributed by atoms with van der Waals surface area (Å²) in [6.07, 6.45) is 4.04. The van der Waals surface area contributed by atoms with Crippen LogP contribution in [0.4, 0.5) is 0 Å². The van der Waals surface area contributed by atoms with E-state index in [4.69, 9.17) is 4.99 Å². The molecule has 3 nitrogen and oxygen atoms in total. The van der Waals surface area contributed by atoms with Crippen LogP contribution in [0, 0.1) is 0 Å². The van der Waals surface area contributed by atoms with Gasteiger partial charge in [0, 0.05) is 12.2 Å². The Morgan fingerprint density at radius 2 is 1.94 bits per heavy atom. The van der Waals surface area contributed by atoms with Crippen molar-refractivity contribution in [2.45, 2.75) is 45.2 Å². The van der Waals surface area contributed by atoms with Crippen molar-refractivity contribution < 1.29 is 0 Å². The Kier molecular flexibility index (Phi) is 3.19. The molecule has 2 saturated heterocycles. The van der Waals surface area contributed by atoms with Crippen LogP contribution in [0.25, 0.3) is 0 Å². The third-order valence-electron chi connectivity index (χ3n) is 4.37. The lowest BCUT2D eigenvalue weighted by atomic mass is 10.0. The third-order valence-corrected chi connectivity index (χ3v) is 5.23. The molecule has 0 amide bonds. The summed E-state index contributed by atoms with van der Waals surface area (Å²) in [5, 5.41) is 0. The molecule has 0 aliphatic carbocycles. The lowest BCUT2D eigenvalue weighted by molar-refractivity contribution is 0.274. The summed E-state index contributed by atoms with van der Waals surface area (Å²) in [6, 6.07) is 1.04. The first-order valence-electron chi connectivity index (χ1n) is 6.64. The maximum atomic E-state index is 4.72. The molecule has 3 aliphatic rings. The van der Waals surface area contributed by atoms with Gasteiger partial charge in [0.1, 0.15) is 0 Å². The summed E-state index contributed by atoms with van der Waals surface area (Å²) in [6.45, 7) is 8.22. The molecule has 3 aliphatic heterocycles. The van der Waals surface area contributed by atoms with Crippen molar-refractivity contribution in [3.8, 4) is 0 Å². The van der Waals surface area contributed by atoms with Crippen LogP contribution in [-0.2, 0) is 0 Å². The van der Waals surface area contributed by atoms with Crippen LogP contribution in [0.3, 0.4) is 0 Å². The van der Waals surface area contributed by atoms with Crippen LogP contribution in [0.15, 0.2) is 16.3 Å². The average Bonchev–Trinajstić information content (AvgIpc) is 2.94. The van der Waals surface area contributed by atoms with Gasteiger partial charge in [-0.1, -0.05) is 0 Å². The number of fused-ring (bicyclic) bond motifs is 1. The van der Waals surface area contributed by atoms with E-state index >= 15 is 0 Å². The molecule has 0 aromatic heterocycles. The molecule has 0 radical (unpaired) electrons. The molecule has 1 unspecified atom stereocenters. The molecular weight excluding hydrogens is 325 g/mol. The number of hydrogen-bond donors (Lipinski definition) is 0. The zero-order chi connectivity index (χ0) is 12.0. The van der Waals surface area contributed by atoms with Gasteiger partial charge in [0.05, 0.1) is 12.1 Å². The SMILES string of the molecule is CC1=C2C(N3CCCC3)CCN2C(I)=N[C@H]1C. The van der Waals surface area contributed by atoms with Gasteiger partial charge in [-0.05, 0) is 74.4 Å². The molecular formula is C13H20IN3. The molecule has 4 heteroatoms. The van der Waals surface area contributed by atoms with Gasteiger partial charge in [-0.2, -0.15) is 0 Å². The molecule has 0 saturated carbocycles. The van der Waals surface area contributed by atoms with E-state index in [-0.39, 0.29) is 0 Å². The summed E-state index contributed by atoms with van der Waals surface area (Å²) in [7, 11) is 0. The molecule has 17 heavy (non-hydrogen) atoms. The number of rotatable bonds is 1. The van der Waals surface area contributed by atoms with E-state index in [1.54, 1.807) is 5.70 Å². The molecule has 3 heterocycles. The largest absolute Gasteiger partial charge is 0.324 e. The maximum Gasteiger partial charge on any atom is 0.167 e. The van der Waals surface area contributed by atoms with Crippen LogP contribution in [0.1, 0.15) is 33.1 Å². The topological polar surface area (TPSA) is 18.8 Å². The summed E-state index contributed by atoms with van der Waals surface area (Å²) < 4.78 is 1.19. The highest BCUT2D eigenvalue weighted by atomic mass is 127. The molecule has 2 atom stereocenters. The Labute approximate surface area is 117 Å². The van der Waals surface area contributed by atoms with E-state index in [0.29, 0.717) is 12.1 Å². The number of aliphatic imine (C=N–C) groups is 1. The van der Waals surface area contributed by atoms with E-state index in [1.807, 2.05) is 0 Å². The Morgan fingerprint density at radius 3 is 2.65 bits per heavy atom. The Bertz CT molecular complexity index is 382. The predicted molar refractivity (Wildman–Crippen MR) is 79.5 cm³/mol. The van der Waals surface area contributed by atoms with Crippen molar-refractivity contribution in [2.75, 3.05) is 19.6 Å². The highest BCUT2D eigenvalue weighted by molar-refractivity contribution is 14.1. The molecule has 0 aromatic rings. The van der Waals surface area contributed by atoms with Crippen LogP contribution < -0.4 is 0 Å². The van der Waals surface area contributed by atoms with Crippen molar-refractivity contribution in [2.24, 2.45) is 4.99 Å². The van der Waals surface area contributed by atoms with Crippen LogP contribution in [0.2, 0.25) is 0 Å². The van der Waals surface area contributed by atoms with Crippen LogP contribution in [0.5, 0.6) is 0 Å². The maximum absolute atomic E-state index is 4.72. The normalized spacial score (nSPS) is 34.3. The third kappa shape index (κ3) is 1.93. The first kappa shape index (κ1) is 12.0. The standard InChI is InChI=1S/C13H20IN3/c1-9-10(2)15-13(14)17-8-5-11(12(9)17)16-6-3-4-7-16/h10-11H,3-8H2,1-2H3/t10-,11?/m0/s1. The summed E-state index contributed by atoms with van der Waals surface area (Å²) >= 11 is 2.40. The fraction of sp³-hybridized carbons (Fsp3) is 0.769. The van der Waals surface area contributed by atoms with E-state index in [1.165, 1.54) is 41.8 Å². The van der Waals surface area contributed by atoms with Gasteiger partial charge >= 0.3 is 0 Å². The van der Waals surface area contributed by atoms with Crippen LogP contribution in [-0.4, -0.2) is 45.4 Å². The molecule has 0 bridgehead atoms. The smallest absolute Gasteiger partial charge is 0.167 e. The summed E-state index contributed by atoms with van der Waals surface area (Å²) in [5.41, 5.74) is 3.05. The van der Waals surface area contributed by atoms with Gasteiger partial charge in [-0.3, -0.25) is 9.89 Å². The van der Waals surface area contributed by atoms with E-state index in [9.17, 15) is 0 Å². The fourth-order valence-corrected chi connectivity index (χ4v) is 4.22. The first-order chi connectivity index (χ1) is 8.18. The molecule has 3 rings (SSSR count). The average molecular weight is 345 g/mol. The van der Waals surface area contributed by atoms with Crippen molar-refractivity contribution >= 4 is 26.4 Å². The second-order valence-corrected chi connectivity index (χ2v) is 6.31. The molecule has 0 aromatic carbocycles. The minimum Gasteiger partial charge on any atom is -0.324 e. The highest BCUT2D eigenvalue weighted by Gasteiger charge is 2.38. The minimum absolute atomic E-state index is 0.372. The lowest BCUT2D eigenvalue weighted by Crippen LogP contribution is -2.38. The quantitative estimate of drug-likeness (QED) is 0.538.